The summed E-state index contributed by atoms with van der Waals surface area (Å²) in [5, 5.41) is 0. The van der Waals surface area contributed by atoms with Crippen LogP contribution in [0.1, 0.15) is 311 Å². The van der Waals surface area contributed by atoms with Crippen LogP contribution >= 0.6 is 68.1 Å². The van der Waals surface area contributed by atoms with Gasteiger partial charge in [0.1, 0.15) is 0 Å². The number of halogens is 8. The fourth-order valence-corrected chi connectivity index (χ4v) is 14.7. The summed E-state index contributed by atoms with van der Waals surface area (Å²) in [4.78, 5) is 0. The summed E-state index contributed by atoms with van der Waals surface area (Å²) in [6.45, 7) is 13.9. The first-order valence-corrected chi connectivity index (χ1v) is 59.0. The molecule has 0 bridgehead atoms. The van der Waals surface area contributed by atoms with Gasteiger partial charge in [0.2, 0.25) is 0 Å². The van der Waals surface area contributed by atoms with Gasteiger partial charge in [0.25, 0.3) is 0 Å². The SMILES string of the molecule is C1=CC2CCC(CCC3CCC4C=CC=CC43)C2C=C1.C1CCCC1.C1CCCC1.CCCCC1CCC(C)C1.CCCCC1CCC(C)C1.CCCCC1CCCC1.CCCCC1CCCC1.[CH3-].[CH3-].[CH3-].[CH3-].[CH3-].[CH3-].[CH3-].[CH3-].[Cl][Zr+2][Cl].[Cl][Zr+2][Cl].[Cl][Zr+2][Cl].[Cl][Zr+2][Cl]. The predicted octanol–water partition coefficient (Wildman–Crippen LogP) is 32.3. The summed E-state index contributed by atoms with van der Waals surface area (Å²) in [7, 11) is 39.5. The van der Waals surface area contributed by atoms with Crippen LogP contribution in [-0.4, -0.2) is 0 Å². The average Bonchev–Trinajstić information content (AvgIpc) is 2.69. The van der Waals surface area contributed by atoms with Crippen LogP contribution in [0.4, 0.5) is 0 Å². The van der Waals surface area contributed by atoms with E-state index in [0.717, 1.165) is 71.0 Å². The van der Waals surface area contributed by atoms with E-state index in [1.165, 1.54) is 270 Å². The molecule has 0 radical (unpaired) electrons. The van der Waals surface area contributed by atoms with Crippen LogP contribution in [0.15, 0.2) is 48.6 Å². The van der Waals surface area contributed by atoms with E-state index in [0.29, 0.717) is 0 Å². The third-order valence-corrected chi connectivity index (χ3v) is 19.3. The molecule has 10 unspecified atom stereocenters. The zero-order valence-electron chi connectivity index (χ0n) is 60.3. The van der Waals surface area contributed by atoms with Crippen molar-refractivity contribution in [2.45, 2.75) is 311 Å². The number of rotatable bonds is 15. The molecule has 10 rings (SSSR count). The summed E-state index contributed by atoms with van der Waals surface area (Å²) >= 11 is -3.30. The van der Waals surface area contributed by atoms with Gasteiger partial charge in [0.15, 0.2) is 0 Å². The Morgan fingerprint density at radius 2 is 0.523 bits per heavy atom. The molecular weight excluding hydrogens is 1560 g/mol. The molecular formula is C76H146Cl8Zr4. The maximum atomic E-state index is 4.93. The van der Waals surface area contributed by atoms with Gasteiger partial charge in [-0.15, -0.1) is 0 Å². The number of unbranched alkanes of at least 4 members (excludes halogenated alkanes) is 4. The van der Waals surface area contributed by atoms with Gasteiger partial charge < -0.3 is 59.4 Å². The second-order valence-corrected chi connectivity index (χ2v) is 40.5. The second-order valence-electron chi connectivity index (χ2n) is 25.5. The van der Waals surface area contributed by atoms with Crippen LogP contribution in [0.2, 0.25) is 0 Å². The van der Waals surface area contributed by atoms with Crippen molar-refractivity contribution < 1.29 is 83.4 Å². The second kappa shape index (κ2) is 84.2. The number of hydrogen-bond donors (Lipinski definition) is 0. The van der Waals surface area contributed by atoms with Crippen molar-refractivity contribution in [3.63, 3.8) is 0 Å². The number of allylic oxidation sites excluding steroid dienone is 8. The van der Waals surface area contributed by atoms with Gasteiger partial charge in [-0.25, -0.2) is 0 Å². The zero-order valence-corrected chi connectivity index (χ0v) is 76.1. The van der Waals surface area contributed by atoms with E-state index < -0.39 is 83.4 Å². The van der Waals surface area contributed by atoms with E-state index >= 15 is 0 Å². The summed E-state index contributed by atoms with van der Waals surface area (Å²) in [5.74, 6) is 11.8. The van der Waals surface area contributed by atoms with E-state index in [1.807, 2.05) is 0 Å². The van der Waals surface area contributed by atoms with Gasteiger partial charge in [-0.2, -0.15) is 0 Å². The van der Waals surface area contributed by atoms with Gasteiger partial charge in [-0.05, 0) is 122 Å². The Labute approximate surface area is 633 Å². The van der Waals surface area contributed by atoms with E-state index in [1.54, 1.807) is 0 Å². The Balaban J connectivity index is -0.000000117. The molecule has 0 aromatic rings. The van der Waals surface area contributed by atoms with Gasteiger partial charge in [0.05, 0.1) is 0 Å². The molecule has 0 nitrogen and oxygen atoms in total. The molecule has 0 saturated heterocycles. The van der Waals surface area contributed by atoms with Crippen molar-refractivity contribution in [1.29, 1.82) is 0 Å². The number of hydrogen-bond acceptors (Lipinski definition) is 0. The third-order valence-electron chi connectivity index (χ3n) is 19.3. The molecule has 10 aliphatic rings. The van der Waals surface area contributed by atoms with Crippen molar-refractivity contribution in [2.75, 3.05) is 0 Å². The standard InChI is InChI=1S/C20H26.2C10H20.2C9H18.2C5H10.8CH3.8ClH.4Zr/c1-3-7-19-15(5-1)9-11-17(19)13-14-18-12-10-16-6-2-4-8-20(16)18;2*1-3-4-5-10-7-6-9(2)8-10;2*1-2-3-6-9-7-4-5-8-9;2*1-2-4-5-3-1;;;;;;;;;;;;;;;;;;;;/h1-8,15-20H,9-14H2;2*9-10H,3-8H2,1-2H3;2*9H,2-8H2,1H3;2*1-5H2;8*1H3;8*1H;;;;/q;;;;;;;8*-1;;;;;;;;;4*+4/p-8. The Hall–Kier alpha value is 4.81. The molecule has 8 saturated carbocycles. The molecule has 0 amide bonds. The van der Waals surface area contributed by atoms with Crippen LogP contribution in [0, 0.1) is 130 Å². The molecule has 8 fully saturated rings. The van der Waals surface area contributed by atoms with Crippen molar-refractivity contribution in [1.82, 2.24) is 0 Å². The molecule has 0 spiro atoms. The van der Waals surface area contributed by atoms with Crippen LogP contribution in [0.3, 0.4) is 0 Å². The van der Waals surface area contributed by atoms with Gasteiger partial charge in [-0.1, -0.05) is 308 Å². The fourth-order valence-electron chi connectivity index (χ4n) is 14.7. The fraction of sp³-hybridized carbons (Fsp3) is 0.789. The molecule has 10 atom stereocenters. The van der Waals surface area contributed by atoms with E-state index in [4.69, 9.17) is 68.1 Å². The van der Waals surface area contributed by atoms with Crippen molar-refractivity contribution >= 4 is 68.1 Å². The summed E-state index contributed by atoms with van der Waals surface area (Å²) in [6, 6.07) is 0. The first-order valence-electron chi connectivity index (χ1n) is 33.6. The molecule has 12 heteroatoms. The summed E-state index contributed by atoms with van der Waals surface area (Å²) in [6.07, 6.45) is 81.2. The Morgan fingerprint density at radius 1 is 0.284 bits per heavy atom. The minimum atomic E-state index is -0.826. The quantitative estimate of drug-likeness (QED) is 0.143. The zero-order chi connectivity index (χ0) is 59.1. The molecule has 10 aliphatic carbocycles. The first kappa shape index (κ1) is 111. The Kier molecular flexibility index (Phi) is 107. The predicted molar refractivity (Wildman–Crippen MR) is 405 cm³/mol. The molecule has 522 valence electrons. The van der Waals surface area contributed by atoms with Gasteiger partial charge in [0, 0.05) is 0 Å². The minimum absolute atomic E-state index is 0. The maximum absolute atomic E-state index is 4.93. The summed E-state index contributed by atoms with van der Waals surface area (Å²) in [5.41, 5.74) is 0. The van der Waals surface area contributed by atoms with Crippen molar-refractivity contribution in [3.8, 4) is 0 Å². The van der Waals surface area contributed by atoms with Crippen molar-refractivity contribution in [2.24, 2.45) is 71.0 Å². The molecule has 0 aromatic heterocycles. The van der Waals surface area contributed by atoms with Gasteiger partial charge in [-0.3, -0.25) is 0 Å². The monoisotopic (exact) mass is 1700 g/mol. The number of fused-ring (bicyclic) bond motifs is 2. The summed E-state index contributed by atoms with van der Waals surface area (Å²) < 4.78 is 0. The average molecular weight is 1710 g/mol. The Morgan fingerprint density at radius 3 is 0.750 bits per heavy atom. The van der Waals surface area contributed by atoms with E-state index in [9.17, 15) is 0 Å². The third kappa shape index (κ3) is 63.0. The first-order chi connectivity index (χ1) is 39.1. The topological polar surface area (TPSA) is 0 Å². The molecule has 0 N–H and O–H groups in total. The molecule has 0 aromatic carbocycles. The van der Waals surface area contributed by atoms with E-state index in [-0.39, 0.29) is 59.4 Å². The van der Waals surface area contributed by atoms with Crippen LogP contribution < -0.4 is 0 Å². The van der Waals surface area contributed by atoms with Gasteiger partial charge >= 0.3 is 151 Å². The van der Waals surface area contributed by atoms with Crippen LogP contribution in [0.25, 0.3) is 0 Å². The molecule has 0 aliphatic heterocycles. The van der Waals surface area contributed by atoms with E-state index in [2.05, 4.69) is 90.2 Å². The molecule has 0 heterocycles. The van der Waals surface area contributed by atoms with Crippen LogP contribution in [-0.2, 0) is 83.4 Å². The van der Waals surface area contributed by atoms with Crippen molar-refractivity contribution in [3.05, 3.63) is 108 Å². The normalized spacial score (nSPS) is 25.2. The van der Waals surface area contributed by atoms with Crippen LogP contribution in [0.5, 0.6) is 0 Å². The molecule has 88 heavy (non-hydrogen) atoms. The Bertz CT molecular complexity index is 1270.